The number of carboxylic acids is 1. The molecule has 0 saturated carbocycles. The van der Waals surface area contributed by atoms with Crippen molar-refractivity contribution in [2.45, 2.75) is 12.2 Å². The highest BCUT2D eigenvalue weighted by Crippen LogP contribution is 2.37. The smallest absolute Gasteiger partial charge is 0.128 e. The van der Waals surface area contributed by atoms with Crippen molar-refractivity contribution in [3.63, 3.8) is 0 Å². The van der Waals surface area contributed by atoms with Crippen LogP contribution in [0.5, 0.6) is 0 Å². The highest BCUT2D eigenvalue weighted by molar-refractivity contribution is 5.74. The number of benzene rings is 1. The van der Waals surface area contributed by atoms with E-state index in [2.05, 4.69) is 0 Å². The fourth-order valence-electron chi connectivity index (χ4n) is 1.19. The Balaban J connectivity index is 2.11. The summed E-state index contributed by atoms with van der Waals surface area (Å²) >= 11 is 0. The number of hydrogen-bond acceptors (Lipinski definition) is 3. The second-order valence-corrected chi connectivity index (χ2v) is 2.71. The number of ether oxygens (including phenoxy) is 1. The predicted octanol–water partition coefficient (Wildman–Crippen LogP) is -0.124. The minimum atomic E-state index is -1.14. The van der Waals surface area contributed by atoms with Gasteiger partial charge in [-0.3, -0.25) is 0 Å². The lowest BCUT2D eigenvalue weighted by Gasteiger charge is -1.95. The molecular formula is C9H7O3-. The Labute approximate surface area is 69.6 Å². The molecule has 1 aromatic rings. The second kappa shape index (κ2) is 2.60. The average Bonchev–Trinajstić information content (AvgIpc) is 2.84. The first-order chi connectivity index (χ1) is 5.79. The van der Waals surface area contributed by atoms with Crippen molar-refractivity contribution in [2.24, 2.45) is 0 Å². The van der Waals surface area contributed by atoms with Crippen LogP contribution in [0.25, 0.3) is 0 Å². The van der Waals surface area contributed by atoms with Crippen molar-refractivity contribution in [1.82, 2.24) is 0 Å². The molecule has 0 radical (unpaired) electrons. The zero-order chi connectivity index (χ0) is 8.55. The van der Waals surface area contributed by atoms with E-state index in [4.69, 9.17) is 4.74 Å². The van der Waals surface area contributed by atoms with Crippen LogP contribution in [-0.2, 0) is 9.53 Å². The molecule has 2 rings (SSSR count). The Kier molecular flexibility index (Phi) is 1.59. The first-order valence-corrected chi connectivity index (χ1v) is 3.70. The van der Waals surface area contributed by atoms with Gasteiger partial charge in [-0.2, -0.15) is 0 Å². The molecule has 1 saturated heterocycles. The molecule has 0 amide bonds. The fraction of sp³-hybridized carbons (Fsp3) is 0.222. The largest absolute Gasteiger partial charge is 0.547 e. The van der Waals surface area contributed by atoms with Crippen molar-refractivity contribution in [3.05, 3.63) is 35.9 Å². The fourth-order valence-corrected chi connectivity index (χ4v) is 1.19. The summed E-state index contributed by atoms with van der Waals surface area (Å²) in [7, 11) is 0. The molecule has 0 spiro atoms. The number of carbonyl (C=O) groups excluding carboxylic acids is 1. The zero-order valence-electron chi connectivity index (χ0n) is 6.27. The lowest BCUT2D eigenvalue weighted by atomic mass is 10.1. The maximum atomic E-state index is 10.3. The topological polar surface area (TPSA) is 52.7 Å². The maximum absolute atomic E-state index is 10.3. The first-order valence-electron chi connectivity index (χ1n) is 3.70. The van der Waals surface area contributed by atoms with Crippen LogP contribution < -0.4 is 5.11 Å². The van der Waals surface area contributed by atoms with E-state index < -0.39 is 12.1 Å². The van der Waals surface area contributed by atoms with Gasteiger partial charge in [0.1, 0.15) is 12.2 Å². The van der Waals surface area contributed by atoms with Gasteiger partial charge in [-0.1, -0.05) is 30.3 Å². The van der Waals surface area contributed by atoms with E-state index in [-0.39, 0.29) is 6.10 Å². The normalized spacial score (nSPS) is 26.7. The van der Waals surface area contributed by atoms with Crippen LogP contribution >= 0.6 is 0 Å². The quantitative estimate of drug-likeness (QED) is 0.571. The van der Waals surface area contributed by atoms with E-state index in [0.29, 0.717) is 0 Å². The molecule has 12 heavy (non-hydrogen) atoms. The van der Waals surface area contributed by atoms with Gasteiger partial charge in [-0.15, -0.1) is 0 Å². The van der Waals surface area contributed by atoms with Gasteiger partial charge in [-0.25, -0.2) is 0 Å². The third kappa shape index (κ3) is 1.19. The van der Waals surface area contributed by atoms with Gasteiger partial charge in [0.2, 0.25) is 0 Å². The molecule has 1 aliphatic rings. The number of epoxide rings is 1. The van der Waals surface area contributed by atoms with Crippen LogP contribution in [0.3, 0.4) is 0 Å². The molecule has 2 atom stereocenters. The standard InChI is InChI=1S/C9H8O3/c10-9(11)8-7(12-8)6-4-2-1-3-5-6/h1-5,7-8H,(H,10,11)/p-1. The van der Waals surface area contributed by atoms with Crippen molar-refractivity contribution in [2.75, 3.05) is 0 Å². The molecule has 0 aliphatic carbocycles. The number of rotatable bonds is 2. The SMILES string of the molecule is O=C([O-])C1OC1c1ccccc1. The number of carboxylic acid groups (broad SMARTS) is 1. The van der Waals surface area contributed by atoms with Crippen LogP contribution in [0, 0.1) is 0 Å². The Bertz CT molecular complexity index is 294. The van der Waals surface area contributed by atoms with E-state index in [9.17, 15) is 9.90 Å². The summed E-state index contributed by atoms with van der Waals surface area (Å²) < 4.78 is 4.90. The summed E-state index contributed by atoms with van der Waals surface area (Å²) in [6.07, 6.45) is -1.04. The van der Waals surface area contributed by atoms with Gasteiger partial charge in [0.05, 0.1) is 5.97 Å². The number of aliphatic carboxylic acids is 1. The third-order valence-electron chi connectivity index (χ3n) is 1.85. The zero-order valence-corrected chi connectivity index (χ0v) is 6.27. The highest BCUT2D eigenvalue weighted by Gasteiger charge is 2.40. The van der Waals surface area contributed by atoms with Crippen LogP contribution in [-0.4, -0.2) is 12.1 Å². The molecule has 1 aromatic carbocycles. The van der Waals surface area contributed by atoms with Gasteiger partial charge in [0.15, 0.2) is 0 Å². The van der Waals surface area contributed by atoms with Gasteiger partial charge in [0, 0.05) is 0 Å². The van der Waals surface area contributed by atoms with E-state index in [1.807, 2.05) is 30.3 Å². The summed E-state index contributed by atoms with van der Waals surface area (Å²) in [4.78, 5) is 10.3. The highest BCUT2D eigenvalue weighted by atomic mass is 16.6. The molecule has 1 fully saturated rings. The molecule has 2 unspecified atom stereocenters. The minimum absolute atomic E-state index is 0.295. The van der Waals surface area contributed by atoms with Gasteiger partial charge >= 0.3 is 0 Å². The van der Waals surface area contributed by atoms with Crippen LogP contribution in [0.15, 0.2) is 30.3 Å². The number of hydrogen-bond donors (Lipinski definition) is 0. The van der Waals surface area contributed by atoms with E-state index in [0.717, 1.165) is 5.56 Å². The van der Waals surface area contributed by atoms with Crippen LogP contribution in [0.2, 0.25) is 0 Å². The molecule has 0 N–H and O–H groups in total. The number of carbonyl (C=O) groups is 1. The lowest BCUT2D eigenvalue weighted by molar-refractivity contribution is -0.307. The third-order valence-corrected chi connectivity index (χ3v) is 1.85. The lowest BCUT2D eigenvalue weighted by Crippen LogP contribution is -2.28. The molecule has 62 valence electrons. The summed E-state index contributed by atoms with van der Waals surface area (Å²) in [5, 5.41) is 10.3. The van der Waals surface area contributed by atoms with E-state index in [1.165, 1.54) is 0 Å². The summed E-state index contributed by atoms with van der Waals surface area (Å²) in [6.45, 7) is 0. The molecule has 3 heteroatoms. The van der Waals surface area contributed by atoms with Crippen molar-refractivity contribution in [3.8, 4) is 0 Å². The molecule has 1 aliphatic heterocycles. The first kappa shape index (κ1) is 7.31. The van der Waals surface area contributed by atoms with Crippen molar-refractivity contribution >= 4 is 5.97 Å². The molecule has 3 nitrogen and oxygen atoms in total. The molecular weight excluding hydrogens is 156 g/mol. The minimum Gasteiger partial charge on any atom is -0.547 e. The van der Waals surface area contributed by atoms with E-state index in [1.54, 1.807) is 0 Å². The Morgan fingerprint density at radius 3 is 2.50 bits per heavy atom. The summed E-state index contributed by atoms with van der Waals surface area (Å²) in [6, 6.07) is 9.26. The monoisotopic (exact) mass is 163 g/mol. The second-order valence-electron chi connectivity index (χ2n) is 2.71. The summed E-state index contributed by atoms with van der Waals surface area (Å²) in [5.74, 6) is -1.14. The van der Waals surface area contributed by atoms with Gasteiger partial charge < -0.3 is 14.6 Å². The average molecular weight is 163 g/mol. The van der Waals surface area contributed by atoms with Gasteiger partial charge in [-0.05, 0) is 5.56 Å². The molecule has 1 heterocycles. The van der Waals surface area contributed by atoms with Gasteiger partial charge in [0.25, 0.3) is 0 Å². The Morgan fingerprint density at radius 2 is 2.00 bits per heavy atom. The van der Waals surface area contributed by atoms with Crippen molar-refractivity contribution < 1.29 is 14.6 Å². The predicted molar refractivity (Wildman–Crippen MR) is 39.1 cm³/mol. The Hall–Kier alpha value is -1.35. The van der Waals surface area contributed by atoms with Crippen LogP contribution in [0.4, 0.5) is 0 Å². The summed E-state index contributed by atoms with van der Waals surface area (Å²) in [5.41, 5.74) is 0.895. The maximum Gasteiger partial charge on any atom is 0.128 e. The Morgan fingerprint density at radius 1 is 1.33 bits per heavy atom. The van der Waals surface area contributed by atoms with Crippen molar-refractivity contribution in [1.29, 1.82) is 0 Å². The molecule has 0 aromatic heterocycles. The molecule has 0 bridgehead atoms. The van der Waals surface area contributed by atoms with Crippen LogP contribution in [0.1, 0.15) is 11.7 Å². The van der Waals surface area contributed by atoms with E-state index >= 15 is 0 Å².